The van der Waals surface area contributed by atoms with E-state index in [1.54, 1.807) is 12.1 Å². The van der Waals surface area contributed by atoms with Gasteiger partial charge >= 0.3 is 0 Å². The van der Waals surface area contributed by atoms with E-state index in [4.69, 9.17) is 0 Å². The summed E-state index contributed by atoms with van der Waals surface area (Å²) < 4.78 is 0. The zero-order valence-corrected chi connectivity index (χ0v) is 12.5. The molecular weight excluding hydrogens is 272 g/mol. The number of phenolic OH excluding ortho intramolecular Hbond substituents is 1. The van der Waals surface area contributed by atoms with Gasteiger partial charge in [0.05, 0.1) is 17.4 Å². The van der Waals surface area contributed by atoms with Gasteiger partial charge in [-0.1, -0.05) is 19.3 Å². The average Bonchev–Trinajstić information content (AvgIpc) is 2.96. The van der Waals surface area contributed by atoms with Gasteiger partial charge in [-0.2, -0.15) is 0 Å². The molecule has 3 nitrogen and oxygen atoms in total. The first-order valence-electron chi connectivity index (χ1n) is 8.08. The summed E-state index contributed by atoms with van der Waals surface area (Å²) in [5, 5.41) is 10.8. The maximum absolute atomic E-state index is 9.54. The van der Waals surface area contributed by atoms with Crippen LogP contribution in [0, 0.1) is 0 Å². The maximum atomic E-state index is 9.54. The number of fused-ring (bicyclic) bond motifs is 1. The summed E-state index contributed by atoms with van der Waals surface area (Å²) in [6.45, 7) is 0. The van der Waals surface area contributed by atoms with Crippen molar-refractivity contribution in [1.82, 2.24) is 9.97 Å². The number of hydrogen-bond acceptors (Lipinski definition) is 2. The summed E-state index contributed by atoms with van der Waals surface area (Å²) in [5.74, 6) is 0.925. The number of benzene rings is 1. The minimum atomic E-state index is 0.306. The van der Waals surface area contributed by atoms with Crippen molar-refractivity contribution in [2.24, 2.45) is 0 Å². The first-order chi connectivity index (χ1) is 10.8. The molecule has 0 aliphatic heterocycles. The van der Waals surface area contributed by atoms with Crippen LogP contribution < -0.4 is 0 Å². The highest BCUT2D eigenvalue weighted by Crippen LogP contribution is 2.42. The smallest absolute Gasteiger partial charge is 0.115 e. The lowest BCUT2D eigenvalue weighted by Crippen LogP contribution is -2.05. The fourth-order valence-electron chi connectivity index (χ4n) is 3.74. The molecule has 1 aliphatic carbocycles. The Kier molecular flexibility index (Phi) is 3.34. The van der Waals surface area contributed by atoms with Crippen LogP contribution in [-0.4, -0.2) is 15.1 Å². The van der Waals surface area contributed by atoms with Crippen LogP contribution in [0.2, 0.25) is 0 Å². The Balaban J connectivity index is 1.90. The summed E-state index contributed by atoms with van der Waals surface area (Å²) in [6, 6.07) is 9.60. The third-order valence-corrected chi connectivity index (χ3v) is 4.81. The quantitative estimate of drug-likeness (QED) is 0.699. The highest BCUT2D eigenvalue weighted by atomic mass is 16.3. The lowest BCUT2D eigenvalue weighted by molar-refractivity contribution is 0.446. The Morgan fingerprint density at radius 1 is 1.00 bits per heavy atom. The van der Waals surface area contributed by atoms with Gasteiger partial charge in [0.2, 0.25) is 0 Å². The molecular formula is C19H20N2O. The van der Waals surface area contributed by atoms with Gasteiger partial charge in [0, 0.05) is 11.6 Å². The molecule has 1 saturated carbocycles. The van der Waals surface area contributed by atoms with Gasteiger partial charge in [0.15, 0.2) is 0 Å². The van der Waals surface area contributed by atoms with E-state index < -0.39 is 0 Å². The number of nitrogens with one attached hydrogen (secondary N) is 1. The summed E-state index contributed by atoms with van der Waals surface area (Å²) in [5.41, 5.74) is 4.86. The first-order valence-corrected chi connectivity index (χ1v) is 8.08. The molecule has 0 unspecified atom stereocenters. The highest BCUT2D eigenvalue weighted by Gasteiger charge is 2.23. The molecule has 1 aromatic carbocycles. The molecule has 2 aromatic heterocycles. The number of phenols is 1. The van der Waals surface area contributed by atoms with Crippen molar-refractivity contribution in [3.05, 3.63) is 48.3 Å². The second-order valence-electron chi connectivity index (χ2n) is 6.22. The fraction of sp³-hybridized carbons (Fsp3) is 0.316. The molecule has 0 atom stereocenters. The Hall–Kier alpha value is -2.29. The maximum Gasteiger partial charge on any atom is 0.115 e. The third-order valence-electron chi connectivity index (χ3n) is 4.81. The van der Waals surface area contributed by atoms with Crippen LogP contribution in [0.25, 0.3) is 22.2 Å². The molecule has 4 rings (SSSR count). The van der Waals surface area contributed by atoms with Crippen LogP contribution in [0.15, 0.2) is 42.7 Å². The Morgan fingerprint density at radius 3 is 2.55 bits per heavy atom. The number of aromatic hydroxyl groups is 1. The van der Waals surface area contributed by atoms with Crippen molar-refractivity contribution in [3.8, 4) is 17.0 Å². The average molecular weight is 292 g/mol. The number of nitrogens with zero attached hydrogens (tertiary/aromatic N) is 1. The van der Waals surface area contributed by atoms with Crippen molar-refractivity contribution in [1.29, 1.82) is 0 Å². The minimum absolute atomic E-state index is 0.306. The monoisotopic (exact) mass is 292 g/mol. The SMILES string of the molecule is Oc1ccc(-c2[nH]c3cnccc3c2C2CCCCC2)cc1. The zero-order valence-electron chi connectivity index (χ0n) is 12.5. The van der Waals surface area contributed by atoms with Gasteiger partial charge in [0.25, 0.3) is 0 Å². The van der Waals surface area contributed by atoms with E-state index in [9.17, 15) is 5.11 Å². The van der Waals surface area contributed by atoms with Gasteiger partial charge in [-0.15, -0.1) is 0 Å². The Morgan fingerprint density at radius 2 is 1.77 bits per heavy atom. The number of aromatic amines is 1. The molecule has 3 aromatic rings. The summed E-state index contributed by atoms with van der Waals surface area (Å²) in [7, 11) is 0. The number of hydrogen-bond donors (Lipinski definition) is 2. The van der Waals surface area contributed by atoms with Gasteiger partial charge in [-0.3, -0.25) is 4.98 Å². The molecule has 3 heteroatoms. The van der Waals surface area contributed by atoms with Gasteiger partial charge in [0.1, 0.15) is 5.75 Å². The summed E-state index contributed by atoms with van der Waals surface area (Å²) in [4.78, 5) is 7.80. The van der Waals surface area contributed by atoms with E-state index in [2.05, 4.69) is 16.0 Å². The summed E-state index contributed by atoms with van der Waals surface area (Å²) >= 11 is 0. The van der Waals surface area contributed by atoms with Crippen LogP contribution in [0.5, 0.6) is 5.75 Å². The van der Waals surface area contributed by atoms with Gasteiger partial charge < -0.3 is 10.1 Å². The number of pyridine rings is 1. The Bertz CT molecular complexity index is 783. The molecule has 0 amide bonds. The molecule has 0 saturated heterocycles. The normalized spacial score (nSPS) is 16.2. The molecule has 0 spiro atoms. The van der Waals surface area contributed by atoms with Gasteiger partial charge in [-0.25, -0.2) is 0 Å². The Labute approximate surface area is 130 Å². The van der Waals surface area contributed by atoms with Gasteiger partial charge in [-0.05, 0) is 60.2 Å². The number of rotatable bonds is 2. The fourth-order valence-corrected chi connectivity index (χ4v) is 3.74. The highest BCUT2D eigenvalue weighted by molar-refractivity contribution is 5.90. The van der Waals surface area contributed by atoms with Crippen molar-refractivity contribution >= 4 is 10.9 Å². The van der Waals surface area contributed by atoms with Crippen LogP contribution in [0.3, 0.4) is 0 Å². The lowest BCUT2D eigenvalue weighted by Gasteiger charge is -2.23. The van der Waals surface area contributed by atoms with Crippen molar-refractivity contribution in [3.63, 3.8) is 0 Å². The second-order valence-corrected chi connectivity index (χ2v) is 6.22. The van der Waals surface area contributed by atoms with Crippen LogP contribution >= 0.6 is 0 Å². The zero-order chi connectivity index (χ0) is 14.9. The predicted octanol–water partition coefficient (Wildman–Crippen LogP) is 4.98. The van der Waals surface area contributed by atoms with Crippen LogP contribution in [-0.2, 0) is 0 Å². The molecule has 0 radical (unpaired) electrons. The number of H-pyrrole nitrogens is 1. The van der Waals surface area contributed by atoms with E-state index in [-0.39, 0.29) is 0 Å². The van der Waals surface area contributed by atoms with E-state index in [1.807, 2.05) is 24.5 Å². The molecule has 0 bridgehead atoms. The van der Waals surface area contributed by atoms with Crippen LogP contribution in [0.1, 0.15) is 43.6 Å². The van der Waals surface area contributed by atoms with E-state index in [0.717, 1.165) is 11.1 Å². The van der Waals surface area contributed by atoms with Crippen LogP contribution in [0.4, 0.5) is 0 Å². The van der Waals surface area contributed by atoms with E-state index in [1.165, 1.54) is 48.7 Å². The second kappa shape index (κ2) is 5.48. The third kappa shape index (κ3) is 2.27. The molecule has 2 heterocycles. The van der Waals surface area contributed by atoms with Crippen molar-refractivity contribution in [2.45, 2.75) is 38.0 Å². The lowest BCUT2D eigenvalue weighted by atomic mass is 9.82. The van der Waals surface area contributed by atoms with E-state index >= 15 is 0 Å². The summed E-state index contributed by atoms with van der Waals surface area (Å²) in [6.07, 6.45) is 10.3. The molecule has 1 fully saturated rings. The molecule has 22 heavy (non-hydrogen) atoms. The van der Waals surface area contributed by atoms with Crippen molar-refractivity contribution in [2.75, 3.05) is 0 Å². The topological polar surface area (TPSA) is 48.9 Å². The van der Waals surface area contributed by atoms with E-state index in [0.29, 0.717) is 11.7 Å². The predicted molar refractivity (Wildman–Crippen MR) is 89.0 cm³/mol. The molecule has 2 N–H and O–H groups in total. The minimum Gasteiger partial charge on any atom is -0.508 e. The molecule has 1 aliphatic rings. The van der Waals surface area contributed by atoms with Crippen molar-refractivity contribution < 1.29 is 5.11 Å². The largest absolute Gasteiger partial charge is 0.508 e. The number of aromatic nitrogens is 2. The molecule has 112 valence electrons. The standard InChI is InChI=1S/C19H20N2O/c22-15-8-6-14(7-9-15)19-18(13-4-2-1-3-5-13)16-10-11-20-12-17(16)21-19/h6-13,21-22H,1-5H2. The first kappa shape index (κ1) is 13.4.